The van der Waals surface area contributed by atoms with Gasteiger partial charge in [-0.05, 0) is 43.6 Å². The number of fused-ring (bicyclic) bond motifs is 1. The van der Waals surface area contributed by atoms with E-state index in [1.54, 1.807) is 13.4 Å². The van der Waals surface area contributed by atoms with Crippen molar-refractivity contribution in [3.8, 4) is 11.8 Å². The van der Waals surface area contributed by atoms with Gasteiger partial charge < -0.3 is 9.84 Å². The number of methoxy groups -OCH3 is 1. The zero-order valence-electron chi connectivity index (χ0n) is 17.6. The first-order valence-electron chi connectivity index (χ1n) is 10.7. The summed E-state index contributed by atoms with van der Waals surface area (Å²) < 4.78 is 5.00. The second kappa shape index (κ2) is 10.1. The van der Waals surface area contributed by atoms with E-state index in [9.17, 15) is 5.11 Å². The fourth-order valence-electron chi connectivity index (χ4n) is 4.82. The van der Waals surface area contributed by atoms with Gasteiger partial charge in [0, 0.05) is 61.7 Å². The summed E-state index contributed by atoms with van der Waals surface area (Å²) in [6.07, 6.45) is 7.73. The first-order valence-corrected chi connectivity index (χ1v) is 10.7. The zero-order valence-corrected chi connectivity index (χ0v) is 17.6. The van der Waals surface area contributed by atoms with Crippen LogP contribution in [-0.4, -0.2) is 76.9 Å². The highest BCUT2D eigenvalue weighted by Gasteiger charge is 2.48. The summed E-state index contributed by atoms with van der Waals surface area (Å²) >= 11 is 0. The van der Waals surface area contributed by atoms with Crippen LogP contribution in [0.15, 0.2) is 43.0 Å². The van der Waals surface area contributed by atoms with Crippen LogP contribution in [0.4, 0.5) is 0 Å². The van der Waals surface area contributed by atoms with Gasteiger partial charge in [0.1, 0.15) is 12.9 Å². The Morgan fingerprint density at radius 2 is 1.90 bits per heavy atom. The molecule has 0 bridgehead atoms. The predicted molar refractivity (Wildman–Crippen MR) is 116 cm³/mol. The molecule has 2 aromatic rings. The molecule has 6 heteroatoms. The van der Waals surface area contributed by atoms with Gasteiger partial charge in [-0.25, -0.2) is 9.97 Å². The highest BCUT2D eigenvalue weighted by Crippen LogP contribution is 2.42. The molecular weight excluding hydrogens is 376 g/mol. The van der Waals surface area contributed by atoms with Crippen molar-refractivity contribution in [3.63, 3.8) is 0 Å². The average molecular weight is 407 g/mol. The molecule has 2 aliphatic heterocycles. The van der Waals surface area contributed by atoms with E-state index in [0.717, 1.165) is 43.7 Å². The zero-order chi connectivity index (χ0) is 20.8. The van der Waals surface area contributed by atoms with Crippen LogP contribution in [0.3, 0.4) is 0 Å². The third-order valence-corrected chi connectivity index (χ3v) is 6.22. The van der Waals surface area contributed by atoms with Crippen molar-refractivity contribution < 1.29 is 9.84 Å². The molecule has 158 valence electrons. The molecule has 0 saturated carbocycles. The summed E-state index contributed by atoms with van der Waals surface area (Å²) in [6, 6.07) is 9.12. The maximum absolute atomic E-state index is 10.1. The number of hydrogen-bond acceptors (Lipinski definition) is 6. The Balaban J connectivity index is 1.50. The number of ether oxygens (including phenoxy) is 1. The summed E-state index contributed by atoms with van der Waals surface area (Å²) in [5.74, 6) is 6.46. The smallest absolute Gasteiger partial charge is 0.115 e. The summed E-state index contributed by atoms with van der Waals surface area (Å²) in [4.78, 5) is 13.3. The van der Waals surface area contributed by atoms with Crippen LogP contribution in [-0.2, 0) is 11.3 Å². The molecule has 0 amide bonds. The normalized spacial score (nSPS) is 24.7. The third kappa shape index (κ3) is 4.71. The van der Waals surface area contributed by atoms with Crippen LogP contribution in [0.1, 0.15) is 35.4 Å². The van der Waals surface area contributed by atoms with E-state index in [0.29, 0.717) is 18.6 Å². The number of hydrogen-bond donors (Lipinski definition) is 1. The Morgan fingerprint density at radius 1 is 1.13 bits per heavy atom. The summed E-state index contributed by atoms with van der Waals surface area (Å²) in [5.41, 5.74) is 3.44. The monoisotopic (exact) mass is 406 g/mol. The quantitative estimate of drug-likeness (QED) is 0.766. The molecule has 3 heterocycles. The van der Waals surface area contributed by atoms with Crippen molar-refractivity contribution in [1.82, 2.24) is 19.8 Å². The molecule has 1 aromatic carbocycles. The van der Waals surface area contributed by atoms with E-state index in [-0.39, 0.29) is 12.6 Å². The molecule has 0 radical (unpaired) electrons. The van der Waals surface area contributed by atoms with Gasteiger partial charge in [0.25, 0.3) is 0 Å². The maximum Gasteiger partial charge on any atom is 0.115 e. The van der Waals surface area contributed by atoms with Gasteiger partial charge in [-0.2, -0.15) is 0 Å². The fourth-order valence-corrected chi connectivity index (χ4v) is 4.82. The Hall–Kier alpha value is -2.30. The second-order valence-corrected chi connectivity index (χ2v) is 8.13. The largest absolute Gasteiger partial charge is 0.395 e. The van der Waals surface area contributed by atoms with Crippen molar-refractivity contribution in [1.29, 1.82) is 0 Å². The standard InChI is InChI=1S/C24H30N4O2/c1-30-12-4-5-19-6-8-21(9-7-19)24-22-16-27(15-20-13-25-18-26-14-20)10-2-3-11-28(22)23(24)17-29/h6-9,13-14,18,22-24,29H,2-3,10-12,15-17H2,1H3/t22-,23-,24-/m1/s1. The second-order valence-electron chi connectivity index (χ2n) is 8.13. The van der Waals surface area contributed by atoms with Crippen molar-refractivity contribution in [2.45, 2.75) is 37.4 Å². The van der Waals surface area contributed by atoms with Crippen LogP contribution in [0.5, 0.6) is 0 Å². The average Bonchev–Trinajstić information content (AvgIpc) is 2.76. The molecule has 2 saturated heterocycles. The number of rotatable bonds is 5. The predicted octanol–water partition coefficient (Wildman–Crippen LogP) is 1.90. The van der Waals surface area contributed by atoms with Crippen LogP contribution in [0.25, 0.3) is 0 Å². The lowest BCUT2D eigenvalue weighted by Crippen LogP contribution is -2.67. The Bertz CT molecular complexity index is 862. The molecule has 0 aliphatic carbocycles. The van der Waals surface area contributed by atoms with Gasteiger partial charge in [0.2, 0.25) is 0 Å². The molecule has 3 atom stereocenters. The summed E-state index contributed by atoms with van der Waals surface area (Å²) in [5, 5.41) is 10.1. The van der Waals surface area contributed by atoms with Crippen molar-refractivity contribution in [3.05, 3.63) is 59.7 Å². The van der Waals surface area contributed by atoms with Gasteiger partial charge in [0.15, 0.2) is 0 Å². The maximum atomic E-state index is 10.1. The molecule has 1 N–H and O–H groups in total. The summed E-state index contributed by atoms with van der Waals surface area (Å²) in [6.45, 7) is 4.65. The van der Waals surface area contributed by atoms with Gasteiger partial charge in [0.05, 0.1) is 6.61 Å². The van der Waals surface area contributed by atoms with Crippen LogP contribution >= 0.6 is 0 Å². The first-order chi connectivity index (χ1) is 14.8. The van der Waals surface area contributed by atoms with Crippen LogP contribution < -0.4 is 0 Å². The molecule has 0 unspecified atom stereocenters. The van der Waals surface area contributed by atoms with E-state index in [2.05, 4.69) is 55.9 Å². The molecule has 4 rings (SSSR count). The lowest BCUT2D eigenvalue weighted by Gasteiger charge is -2.57. The van der Waals surface area contributed by atoms with Crippen LogP contribution in [0, 0.1) is 11.8 Å². The van der Waals surface area contributed by atoms with E-state index in [1.807, 2.05) is 12.4 Å². The van der Waals surface area contributed by atoms with Gasteiger partial charge >= 0.3 is 0 Å². The van der Waals surface area contributed by atoms with Crippen molar-refractivity contribution in [2.24, 2.45) is 0 Å². The molecular formula is C24H30N4O2. The lowest BCUT2D eigenvalue weighted by molar-refractivity contribution is -0.0655. The minimum atomic E-state index is 0.195. The fraction of sp³-hybridized carbons (Fsp3) is 0.500. The van der Waals surface area contributed by atoms with Gasteiger partial charge in [-0.1, -0.05) is 24.0 Å². The molecule has 1 aromatic heterocycles. The Kier molecular flexibility index (Phi) is 7.08. The van der Waals surface area contributed by atoms with Gasteiger partial charge in [-0.3, -0.25) is 9.80 Å². The van der Waals surface area contributed by atoms with E-state index in [1.165, 1.54) is 12.0 Å². The summed E-state index contributed by atoms with van der Waals surface area (Å²) in [7, 11) is 1.65. The lowest BCUT2D eigenvalue weighted by atomic mass is 9.74. The molecule has 30 heavy (non-hydrogen) atoms. The van der Waals surface area contributed by atoms with Crippen molar-refractivity contribution >= 4 is 0 Å². The molecule has 2 aliphatic rings. The minimum Gasteiger partial charge on any atom is -0.395 e. The Labute approximate surface area is 178 Å². The highest BCUT2D eigenvalue weighted by atomic mass is 16.5. The topological polar surface area (TPSA) is 61.7 Å². The Morgan fingerprint density at radius 3 is 2.63 bits per heavy atom. The van der Waals surface area contributed by atoms with E-state index in [4.69, 9.17) is 4.74 Å². The number of aromatic nitrogens is 2. The number of aliphatic hydroxyl groups is 1. The number of benzene rings is 1. The van der Waals surface area contributed by atoms with Gasteiger partial charge in [-0.15, -0.1) is 0 Å². The van der Waals surface area contributed by atoms with Crippen LogP contribution in [0.2, 0.25) is 0 Å². The van der Waals surface area contributed by atoms with E-state index < -0.39 is 0 Å². The third-order valence-electron chi connectivity index (χ3n) is 6.22. The SMILES string of the molecule is COCC#Cc1ccc([C@H]2[C@@H](CO)N3CCCCN(Cc4cncnc4)C[C@H]23)cc1. The number of nitrogens with zero attached hydrogens (tertiary/aromatic N) is 4. The molecule has 0 spiro atoms. The van der Waals surface area contributed by atoms with E-state index >= 15 is 0 Å². The highest BCUT2D eigenvalue weighted by molar-refractivity contribution is 5.39. The molecule has 6 nitrogen and oxygen atoms in total. The minimum absolute atomic E-state index is 0.195. The first kappa shape index (κ1) is 21.0. The van der Waals surface area contributed by atoms with Crippen molar-refractivity contribution in [2.75, 3.05) is 40.0 Å². The number of aliphatic hydroxyl groups excluding tert-OH is 1. The molecule has 2 fully saturated rings.